The highest BCUT2D eigenvalue weighted by atomic mass is 16.5. The molecule has 1 saturated carbocycles. The molecule has 4 heteroatoms. The molecule has 1 N–H and O–H groups in total. The van der Waals surface area contributed by atoms with Crippen LogP contribution in [0.5, 0.6) is 5.75 Å². The van der Waals surface area contributed by atoms with Crippen LogP contribution in [0, 0.1) is 6.92 Å². The Kier molecular flexibility index (Phi) is 5.82. The second-order valence-electron chi connectivity index (χ2n) is 6.74. The third kappa shape index (κ3) is 4.37. The number of hydrogen-bond donors (Lipinski definition) is 1. The predicted molar refractivity (Wildman–Crippen MR) is 104 cm³/mol. The lowest BCUT2D eigenvalue weighted by Crippen LogP contribution is -2.16. The molecule has 0 atom stereocenters. The Bertz CT molecular complexity index is 781. The Hall–Kier alpha value is -2.49. The van der Waals surface area contributed by atoms with Crippen molar-refractivity contribution in [2.45, 2.75) is 52.6 Å². The maximum absolute atomic E-state index is 12.0. The van der Waals surface area contributed by atoms with E-state index < -0.39 is 6.09 Å². The van der Waals surface area contributed by atoms with Crippen LogP contribution in [0.15, 0.2) is 36.4 Å². The van der Waals surface area contributed by atoms with Gasteiger partial charge in [0.1, 0.15) is 12.4 Å². The molecule has 2 aromatic rings. The van der Waals surface area contributed by atoms with Gasteiger partial charge in [-0.3, -0.25) is 5.32 Å². The Morgan fingerprint density at radius 3 is 2.65 bits per heavy atom. The first kappa shape index (κ1) is 18.3. The molecule has 0 unspecified atom stereocenters. The van der Waals surface area contributed by atoms with Crippen molar-refractivity contribution in [2.75, 3.05) is 11.9 Å². The van der Waals surface area contributed by atoms with Crippen LogP contribution in [-0.2, 0) is 17.8 Å². The van der Waals surface area contributed by atoms with Crippen LogP contribution in [0.25, 0.3) is 0 Å². The lowest BCUT2D eigenvalue weighted by Gasteiger charge is -2.17. The average Bonchev–Trinajstić information content (AvgIpc) is 3.46. The van der Waals surface area contributed by atoms with E-state index in [-0.39, 0.29) is 0 Å². The third-order valence-corrected chi connectivity index (χ3v) is 4.73. The number of benzene rings is 2. The summed E-state index contributed by atoms with van der Waals surface area (Å²) in [6, 6.07) is 12.4. The van der Waals surface area contributed by atoms with Crippen molar-refractivity contribution in [2.24, 2.45) is 0 Å². The topological polar surface area (TPSA) is 47.6 Å². The van der Waals surface area contributed by atoms with Gasteiger partial charge in [-0.1, -0.05) is 37.3 Å². The summed E-state index contributed by atoms with van der Waals surface area (Å²) in [7, 11) is 0. The minimum atomic E-state index is -0.412. The monoisotopic (exact) mass is 353 g/mol. The second kappa shape index (κ2) is 8.26. The van der Waals surface area contributed by atoms with Crippen molar-refractivity contribution in [1.29, 1.82) is 0 Å². The molecule has 26 heavy (non-hydrogen) atoms. The standard InChI is InChI=1S/C22H27NO3/c1-4-16-9-12-20(15(3)13-16)26-14-18-7-6-8-19(17-10-11-17)21(18)23-22(24)25-5-2/h6-9,12-13,17H,4-5,10-11,14H2,1-3H3,(H,23,24). The molecule has 4 nitrogen and oxygen atoms in total. The molecule has 3 rings (SSSR count). The van der Waals surface area contributed by atoms with E-state index in [0.717, 1.165) is 29.0 Å². The number of nitrogens with one attached hydrogen (secondary N) is 1. The number of hydrogen-bond acceptors (Lipinski definition) is 3. The summed E-state index contributed by atoms with van der Waals surface area (Å²) in [6.45, 7) is 6.78. The van der Waals surface area contributed by atoms with Crippen molar-refractivity contribution >= 4 is 11.8 Å². The number of ether oxygens (including phenoxy) is 2. The molecule has 0 aliphatic heterocycles. The highest BCUT2D eigenvalue weighted by Gasteiger charge is 2.28. The van der Waals surface area contributed by atoms with Crippen LogP contribution in [0.4, 0.5) is 10.5 Å². The molecule has 0 saturated heterocycles. The van der Waals surface area contributed by atoms with E-state index in [1.165, 1.54) is 24.0 Å². The van der Waals surface area contributed by atoms with Crippen LogP contribution in [0.3, 0.4) is 0 Å². The van der Waals surface area contributed by atoms with Crippen LogP contribution in [0.1, 0.15) is 54.9 Å². The van der Waals surface area contributed by atoms with Gasteiger partial charge in [-0.15, -0.1) is 0 Å². The van der Waals surface area contributed by atoms with E-state index in [1.54, 1.807) is 6.92 Å². The zero-order chi connectivity index (χ0) is 18.5. The van der Waals surface area contributed by atoms with Crippen LogP contribution >= 0.6 is 0 Å². The summed E-state index contributed by atoms with van der Waals surface area (Å²) in [5.41, 5.74) is 5.42. The van der Waals surface area contributed by atoms with Crippen molar-refractivity contribution in [3.05, 3.63) is 58.7 Å². The Balaban J connectivity index is 1.80. The molecule has 138 valence electrons. The van der Waals surface area contributed by atoms with Crippen LogP contribution in [-0.4, -0.2) is 12.7 Å². The summed E-state index contributed by atoms with van der Waals surface area (Å²) in [5.74, 6) is 1.40. The average molecular weight is 353 g/mol. The van der Waals surface area contributed by atoms with Gasteiger partial charge in [-0.05, 0) is 61.8 Å². The highest BCUT2D eigenvalue weighted by Crippen LogP contribution is 2.44. The zero-order valence-corrected chi connectivity index (χ0v) is 15.8. The number of para-hydroxylation sites is 1. The maximum Gasteiger partial charge on any atom is 0.411 e. The highest BCUT2D eigenvalue weighted by molar-refractivity contribution is 5.87. The Labute approximate surface area is 155 Å². The summed E-state index contributed by atoms with van der Waals surface area (Å²) >= 11 is 0. The van der Waals surface area contributed by atoms with Crippen LogP contribution in [0.2, 0.25) is 0 Å². The number of anilines is 1. The molecule has 2 aromatic carbocycles. The van der Waals surface area contributed by atoms with Gasteiger partial charge in [-0.2, -0.15) is 0 Å². The quantitative estimate of drug-likeness (QED) is 0.706. The van der Waals surface area contributed by atoms with E-state index in [0.29, 0.717) is 19.1 Å². The first-order chi connectivity index (χ1) is 12.6. The predicted octanol–water partition coefficient (Wildman–Crippen LogP) is 5.58. The minimum absolute atomic E-state index is 0.353. The van der Waals surface area contributed by atoms with Gasteiger partial charge < -0.3 is 9.47 Å². The van der Waals surface area contributed by atoms with Crippen molar-refractivity contribution in [3.63, 3.8) is 0 Å². The van der Waals surface area contributed by atoms with E-state index in [4.69, 9.17) is 9.47 Å². The largest absolute Gasteiger partial charge is 0.489 e. The van der Waals surface area contributed by atoms with Crippen molar-refractivity contribution < 1.29 is 14.3 Å². The molecule has 1 aliphatic rings. The molecule has 1 fully saturated rings. The van der Waals surface area contributed by atoms with Gasteiger partial charge in [0, 0.05) is 5.56 Å². The molecule has 0 aromatic heterocycles. The SMILES string of the molecule is CCOC(=O)Nc1c(COc2ccc(CC)cc2C)cccc1C1CC1. The molecule has 1 aliphatic carbocycles. The van der Waals surface area contributed by atoms with E-state index in [2.05, 4.69) is 37.4 Å². The number of carbonyl (C=O) groups excluding carboxylic acids is 1. The molecular formula is C22H27NO3. The molecule has 0 spiro atoms. The summed E-state index contributed by atoms with van der Waals surface area (Å²) in [5, 5.41) is 2.93. The van der Waals surface area contributed by atoms with E-state index in [1.807, 2.05) is 18.2 Å². The van der Waals surface area contributed by atoms with Gasteiger partial charge >= 0.3 is 6.09 Å². The second-order valence-corrected chi connectivity index (χ2v) is 6.74. The Morgan fingerprint density at radius 2 is 2.00 bits per heavy atom. The summed E-state index contributed by atoms with van der Waals surface area (Å²) in [6.07, 6.45) is 2.93. The van der Waals surface area contributed by atoms with Gasteiger partial charge in [0.05, 0.1) is 12.3 Å². The van der Waals surface area contributed by atoms with Crippen molar-refractivity contribution in [3.8, 4) is 5.75 Å². The number of amides is 1. The maximum atomic E-state index is 12.0. The molecule has 0 radical (unpaired) electrons. The van der Waals surface area contributed by atoms with Crippen molar-refractivity contribution in [1.82, 2.24) is 0 Å². The smallest absolute Gasteiger partial charge is 0.411 e. The minimum Gasteiger partial charge on any atom is -0.489 e. The number of rotatable bonds is 7. The lowest BCUT2D eigenvalue weighted by molar-refractivity contribution is 0.168. The van der Waals surface area contributed by atoms with E-state index >= 15 is 0 Å². The molecule has 0 heterocycles. The lowest BCUT2D eigenvalue weighted by atomic mass is 10.0. The Morgan fingerprint density at radius 1 is 1.19 bits per heavy atom. The number of carbonyl (C=O) groups is 1. The van der Waals surface area contributed by atoms with Gasteiger partial charge in [0.15, 0.2) is 0 Å². The normalized spacial score (nSPS) is 13.3. The summed E-state index contributed by atoms with van der Waals surface area (Å²) < 4.78 is 11.1. The molecule has 0 bridgehead atoms. The third-order valence-electron chi connectivity index (χ3n) is 4.73. The van der Waals surface area contributed by atoms with Gasteiger partial charge in [0.25, 0.3) is 0 Å². The molecular weight excluding hydrogens is 326 g/mol. The van der Waals surface area contributed by atoms with Crippen LogP contribution < -0.4 is 10.1 Å². The fourth-order valence-corrected chi connectivity index (χ4v) is 3.15. The fourth-order valence-electron chi connectivity index (χ4n) is 3.15. The number of aryl methyl sites for hydroxylation is 2. The van der Waals surface area contributed by atoms with E-state index in [9.17, 15) is 4.79 Å². The summed E-state index contributed by atoms with van der Waals surface area (Å²) in [4.78, 5) is 12.0. The first-order valence-corrected chi connectivity index (χ1v) is 9.40. The molecule has 1 amide bonds. The van der Waals surface area contributed by atoms with Gasteiger partial charge in [-0.25, -0.2) is 4.79 Å². The first-order valence-electron chi connectivity index (χ1n) is 9.40. The zero-order valence-electron chi connectivity index (χ0n) is 15.8. The fraction of sp³-hybridized carbons (Fsp3) is 0.409. The van der Waals surface area contributed by atoms with Gasteiger partial charge in [0.2, 0.25) is 0 Å².